The van der Waals surface area contributed by atoms with Gasteiger partial charge in [0.2, 0.25) is 0 Å². The molecule has 1 aliphatic rings. The summed E-state index contributed by atoms with van der Waals surface area (Å²) in [4.78, 5) is 9.89. The first kappa shape index (κ1) is 51.8. The molecule has 11 aromatic rings. The summed E-state index contributed by atoms with van der Waals surface area (Å²) in [5.74, 6) is 2.24. The van der Waals surface area contributed by atoms with Gasteiger partial charge in [0.15, 0.2) is 8.07 Å². The highest BCUT2D eigenvalue weighted by Crippen LogP contribution is 2.51. The molecule has 0 N–H and O–H groups in total. The Morgan fingerprint density at radius 1 is 0.463 bits per heavy atom. The Labute approximate surface area is 472 Å². The normalized spacial score (nSPS) is 12.9. The summed E-state index contributed by atoms with van der Waals surface area (Å²) < 4.78 is 9.12. The van der Waals surface area contributed by atoms with Crippen molar-refractivity contribution in [1.82, 2.24) is 9.55 Å². The lowest BCUT2D eigenvalue weighted by atomic mass is 9.80. The number of anilines is 4. The van der Waals surface area contributed by atoms with Gasteiger partial charge in [-0.05, 0) is 132 Å². The SMILES string of the molecule is CC(C)(C)c1cc(N2CN(c3cccc(Oc4ccc5c6cc(C#N)ccc6n(-c6cc(C(C)(C)C)ccn6)c5c4)c3)c3cccc(-c4cccc([Si](c5ccccc5)(c5ccccc5)c5ccccc5)c4)c32)cc(C(C)(C)C)c1. The van der Waals surface area contributed by atoms with Crippen molar-refractivity contribution in [1.29, 1.82) is 5.26 Å². The molecule has 0 fully saturated rings. The first-order valence-electron chi connectivity index (χ1n) is 27.8. The molecule has 12 rings (SSSR count). The zero-order valence-electron chi connectivity index (χ0n) is 47.3. The Balaban J connectivity index is 1.00. The molecule has 1 aliphatic heterocycles. The molecule has 9 aromatic carbocycles. The van der Waals surface area contributed by atoms with Crippen LogP contribution in [0.3, 0.4) is 0 Å². The van der Waals surface area contributed by atoms with Crippen molar-refractivity contribution in [3.63, 3.8) is 0 Å². The average molecular weight is 1060 g/mol. The van der Waals surface area contributed by atoms with E-state index in [9.17, 15) is 5.26 Å². The second-order valence-electron chi connectivity index (χ2n) is 24.5. The molecule has 2 aromatic heterocycles. The molecule has 80 heavy (non-hydrogen) atoms. The molecular weight excluding hydrogens is 991 g/mol. The Bertz CT molecular complexity index is 4030. The molecule has 0 bridgehead atoms. The minimum Gasteiger partial charge on any atom is -0.457 e. The number of nitrogens with zero attached hydrogens (tertiary/aromatic N) is 5. The van der Waals surface area contributed by atoms with Gasteiger partial charge in [0, 0.05) is 46.0 Å². The molecule has 0 saturated heterocycles. The van der Waals surface area contributed by atoms with Crippen molar-refractivity contribution in [3.05, 3.63) is 253 Å². The standard InChI is InChI=1S/C73H67N5OSi/c1-71(2,3)52-38-39-75-69(45-52)78-66-37-34-50(48-74)40-65(66)64-36-35-58(47-68(64)78)79-57-24-20-23-55(46-57)76-49-77(56-43-53(72(4,5)6)42-54(44-56)73(7,8)9)70-63(32-21-33-67(70)76)51-22-19-31-62(41-51)80(59-25-13-10-14-26-59,60-27-15-11-16-28-60)61-29-17-12-18-30-61/h10-47H,49H2,1-9H3. The molecule has 7 heteroatoms. The van der Waals surface area contributed by atoms with Gasteiger partial charge in [-0.25, -0.2) is 4.98 Å². The predicted molar refractivity (Wildman–Crippen MR) is 337 cm³/mol. The fraction of sp³-hybridized carbons (Fsp3) is 0.178. The van der Waals surface area contributed by atoms with Gasteiger partial charge >= 0.3 is 0 Å². The maximum atomic E-state index is 9.95. The van der Waals surface area contributed by atoms with Crippen LogP contribution >= 0.6 is 0 Å². The summed E-state index contributed by atoms with van der Waals surface area (Å²) in [6.45, 7) is 21.1. The summed E-state index contributed by atoms with van der Waals surface area (Å²) in [6.07, 6.45) is 1.89. The summed E-state index contributed by atoms with van der Waals surface area (Å²) in [5, 5.41) is 17.3. The number of pyridine rings is 1. The van der Waals surface area contributed by atoms with E-state index >= 15 is 0 Å². The molecule has 6 nitrogen and oxygen atoms in total. The van der Waals surface area contributed by atoms with E-state index in [0.29, 0.717) is 18.0 Å². The highest BCUT2D eigenvalue weighted by atomic mass is 28.3. The van der Waals surface area contributed by atoms with Gasteiger partial charge in [-0.15, -0.1) is 0 Å². The minimum absolute atomic E-state index is 0.0723. The Kier molecular flexibility index (Phi) is 13.0. The topological polar surface area (TPSA) is 57.3 Å². The first-order chi connectivity index (χ1) is 38.5. The quantitative estimate of drug-likeness (QED) is 0.101. The molecule has 0 radical (unpaired) electrons. The number of aromatic nitrogens is 2. The lowest BCUT2D eigenvalue weighted by molar-refractivity contribution is 0.483. The molecule has 0 aliphatic carbocycles. The number of rotatable bonds is 10. The van der Waals surface area contributed by atoms with E-state index in [1.165, 1.54) is 48.6 Å². The summed E-state index contributed by atoms with van der Waals surface area (Å²) >= 11 is 0. The van der Waals surface area contributed by atoms with Gasteiger partial charge in [-0.1, -0.05) is 202 Å². The Hall–Kier alpha value is -8.96. The van der Waals surface area contributed by atoms with Crippen LogP contribution in [0.5, 0.6) is 11.5 Å². The molecular formula is C73H67N5OSi. The van der Waals surface area contributed by atoms with Gasteiger partial charge in [-0.2, -0.15) is 5.26 Å². The number of para-hydroxylation sites is 1. The number of ether oxygens (including phenoxy) is 1. The van der Waals surface area contributed by atoms with Crippen molar-refractivity contribution in [3.8, 4) is 34.5 Å². The highest BCUT2D eigenvalue weighted by Gasteiger charge is 2.42. The second kappa shape index (κ2) is 20.0. The van der Waals surface area contributed by atoms with E-state index in [4.69, 9.17) is 9.72 Å². The van der Waals surface area contributed by atoms with Crippen molar-refractivity contribution in [2.45, 2.75) is 78.6 Å². The monoisotopic (exact) mass is 1060 g/mol. The van der Waals surface area contributed by atoms with E-state index in [-0.39, 0.29) is 16.2 Å². The molecule has 0 amide bonds. The summed E-state index contributed by atoms with van der Waals surface area (Å²) in [6, 6.07) is 84.3. The van der Waals surface area contributed by atoms with Gasteiger partial charge in [0.05, 0.1) is 34.0 Å². The fourth-order valence-corrected chi connectivity index (χ4v) is 16.6. The maximum Gasteiger partial charge on any atom is 0.179 e. The zero-order valence-corrected chi connectivity index (χ0v) is 48.3. The number of hydrogen-bond acceptors (Lipinski definition) is 5. The molecule has 0 spiro atoms. The molecule has 3 heterocycles. The van der Waals surface area contributed by atoms with Crippen LogP contribution in [0.4, 0.5) is 22.7 Å². The molecule has 0 atom stereocenters. The predicted octanol–water partition coefficient (Wildman–Crippen LogP) is 16.0. The van der Waals surface area contributed by atoms with Crippen molar-refractivity contribution >= 4 is 73.4 Å². The van der Waals surface area contributed by atoms with Crippen LogP contribution in [0.2, 0.25) is 0 Å². The maximum absolute atomic E-state index is 9.95. The second-order valence-corrected chi connectivity index (χ2v) is 28.3. The van der Waals surface area contributed by atoms with Crippen LogP contribution in [0.15, 0.2) is 231 Å². The fourth-order valence-electron chi connectivity index (χ4n) is 11.8. The average Bonchev–Trinajstić information content (AvgIpc) is 4.09. The van der Waals surface area contributed by atoms with E-state index < -0.39 is 8.07 Å². The summed E-state index contributed by atoms with van der Waals surface area (Å²) in [5.41, 5.74) is 12.9. The lowest BCUT2D eigenvalue weighted by Crippen LogP contribution is -2.74. The third-order valence-corrected chi connectivity index (χ3v) is 20.9. The number of fused-ring (bicyclic) bond motifs is 4. The third-order valence-electron chi connectivity index (χ3n) is 16.1. The zero-order chi connectivity index (χ0) is 55.6. The van der Waals surface area contributed by atoms with Gasteiger partial charge < -0.3 is 14.5 Å². The molecule has 394 valence electrons. The number of benzene rings is 9. The summed E-state index contributed by atoms with van der Waals surface area (Å²) in [7, 11) is -2.84. The van der Waals surface area contributed by atoms with Crippen molar-refractivity contribution in [2.75, 3.05) is 16.5 Å². The van der Waals surface area contributed by atoms with Crippen molar-refractivity contribution in [2.24, 2.45) is 0 Å². The number of nitriles is 1. The Morgan fingerprint density at radius 2 is 1.06 bits per heavy atom. The largest absolute Gasteiger partial charge is 0.457 e. The van der Waals surface area contributed by atoms with Gasteiger partial charge in [0.25, 0.3) is 0 Å². The van der Waals surface area contributed by atoms with E-state index in [0.717, 1.165) is 56.1 Å². The first-order valence-corrected chi connectivity index (χ1v) is 29.8. The van der Waals surface area contributed by atoms with Crippen LogP contribution in [-0.4, -0.2) is 24.3 Å². The third kappa shape index (κ3) is 9.33. The van der Waals surface area contributed by atoms with E-state index in [1.54, 1.807) is 0 Å². The van der Waals surface area contributed by atoms with E-state index in [1.807, 2.05) is 36.5 Å². The van der Waals surface area contributed by atoms with Crippen LogP contribution in [-0.2, 0) is 16.2 Å². The highest BCUT2D eigenvalue weighted by molar-refractivity contribution is 7.19. The van der Waals surface area contributed by atoms with Crippen LogP contribution in [0.25, 0.3) is 38.8 Å². The minimum atomic E-state index is -2.84. The molecule has 0 saturated carbocycles. The van der Waals surface area contributed by atoms with Crippen LogP contribution < -0.4 is 35.3 Å². The van der Waals surface area contributed by atoms with E-state index in [2.05, 4.69) is 277 Å². The van der Waals surface area contributed by atoms with Crippen LogP contribution in [0.1, 0.15) is 84.6 Å². The van der Waals surface area contributed by atoms with Gasteiger partial charge in [0.1, 0.15) is 24.0 Å². The Morgan fingerprint density at radius 3 is 1.69 bits per heavy atom. The lowest BCUT2D eigenvalue weighted by Gasteiger charge is -2.34. The number of hydrogen-bond donors (Lipinski definition) is 0. The molecule has 0 unspecified atom stereocenters. The van der Waals surface area contributed by atoms with Gasteiger partial charge in [-0.3, -0.25) is 4.57 Å². The smallest absolute Gasteiger partial charge is 0.179 e. The van der Waals surface area contributed by atoms with Crippen molar-refractivity contribution < 1.29 is 4.74 Å². The van der Waals surface area contributed by atoms with Crippen LogP contribution in [0, 0.1) is 11.3 Å².